The van der Waals surface area contributed by atoms with Gasteiger partial charge in [-0.2, -0.15) is 0 Å². The van der Waals surface area contributed by atoms with Gasteiger partial charge in [-0.25, -0.2) is 4.79 Å². The molecule has 2 unspecified atom stereocenters. The minimum atomic E-state index is -0.922. The van der Waals surface area contributed by atoms with Crippen molar-refractivity contribution >= 4 is 12.0 Å². The molecule has 20 heavy (non-hydrogen) atoms. The van der Waals surface area contributed by atoms with Gasteiger partial charge in [0.25, 0.3) is 0 Å². The third-order valence-electron chi connectivity index (χ3n) is 3.59. The molecule has 1 aromatic carbocycles. The number of amides is 2. The lowest BCUT2D eigenvalue weighted by Crippen LogP contribution is -2.40. The van der Waals surface area contributed by atoms with Gasteiger partial charge in [-0.15, -0.1) is 0 Å². The first kappa shape index (κ1) is 14.4. The molecule has 0 radical (unpaired) electrons. The molecule has 1 aromatic rings. The molecule has 1 fully saturated rings. The predicted molar refractivity (Wildman–Crippen MR) is 75.3 cm³/mol. The standard InChI is InChI=1S/C15H20N2O3/c1-11-7-8-17(10-11)15(20)16-13(9-14(18)19)12-5-3-2-4-6-12/h2-6,11,13H,7-10H2,1H3,(H,16,20)(H,18,19). The van der Waals surface area contributed by atoms with Gasteiger partial charge in [0.2, 0.25) is 0 Å². The molecule has 2 N–H and O–H groups in total. The topological polar surface area (TPSA) is 69.6 Å². The number of carboxylic acids is 1. The molecule has 108 valence electrons. The van der Waals surface area contributed by atoms with Gasteiger partial charge in [-0.3, -0.25) is 4.79 Å². The number of hydrogen-bond donors (Lipinski definition) is 2. The molecule has 2 amide bonds. The Morgan fingerprint density at radius 3 is 2.65 bits per heavy atom. The summed E-state index contributed by atoms with van der Waals surface area (Å²) in [5.74, 6) is -0.413. The van der Waals surface area contributed by atoms with Gasteiger partial charge in [0.1, 0.15) is 0 Å². The number of nitrogens with zero attached hydrogens (tertiary/aromatic N) is 1. The molecule has 0 spiro atoms. The quantitative estimate of drug-likeness (QED) is 0.886. The second-order valence-electron chi connectivity index (χ2n) is 5.35. The maximum absolute atomic E-state index is 12.2. The average Bonchev–Trinajstić information content (AvgIpc) is 2.85. The Hall–Kier alpha value is -2.04. The van der Waals surface area contributed by atoms with Crippen molar-refractivity contribution in [3.8, 4) is 0 Å². The highest BCUT2D eigenvalue weighted by Gasteiger charge is 2.26. The van der Waals surface area contributed by atoms with Crippen molar-refractivity contribution in [3.05, 3.63) is 35.9 Å². The molecular weight excluding hydrogens is 256 g/mol. The van der Waals surface area contributed by atoms with Crippen molar-refractivity contribution in [1.82, 2.24) is 10.2 Å². The summed E-state index contributed by atoms with van der Waals surface area (Å²) < 4.78 is 0. The highest BCUT2D eigenvalue weighted by atomic mass is 16.4. The Balaban J connectivity index is 2.04. The molecule has 0 aromatic heterocycles. The van der Waals surface area contributed by atoms with Crippen LogP contribution in [0, 0.1) is 5.92 Å². The zero-order valence-corrected chi connectivity index (χ0v) is 11.6. The van der Waals surface area contributed by atoms with E-state index in [2.05, 4.69) is 12.2 Å². The summed E-state index contributed by atoms with van der Waals surface area (Å²) in [7, 11) is 0. The van der Waals surface area contributed by atoms with Crippen LogP contribution in [0.5, 0.6) is 0 Å². The van der Waals surface area contributed by atoms with Crippen molar-refractivity contribution in [1.29, 1.82) is 0 Å². The van der Waals surface area contributed by atoms with E-state index in [9.17, 15) is 9.59 Å². The number of nitrogens with one attached hydrogen (secondary N) is 1. The highest BCUT2D eigenvalue weighted by molar-refractivity contribution is 5.76. The summed E-state index contributed by atoms with van der Waals surface area (Å²) in [5.41, 5.74) is 0.815. The Morgan fingerprint density at radius 1 is 1.40 bits per heavy atom. The molecule has 0 saturated carbocycles. The number of benzene rings is 1. The molecule has 2 atom stereocenters. The number of hydrogen-bond acceptors (Lipinski definition) is 2. The fraction of sp³-hybridized carbons (Fsp3) is 0.467. The number of carbonyl (C=O) groups excluding carboxylic acids is 1. The fourth-order valence-electron chi connectivity index (χ4n) is 2.47. The zero-order chi connectivity index (χ0) is 14.5. The van der Waals surface area contributed by atoms with Crippen LogP contribution in [0.1, 0.15) is 31.4 Å². The number of likely N-dealkylation sites (tertiary alicyclic amines) is 1. The smallest absolute Gasteiger partial charge is 0.317 e. The molecule has 5 nitrogen and oxygen atoms in total. The Bertz CT molecular complexity index is 475. The second kappa shape index (κ2) is 6.41. The predicted octanol–water partition coefficient (Wildman–Crippen LogP) is 2.25. The van der Waals surface area contributed by atoms with Crippen LogP contribution in [-0.2, 0) is 4.79 Å². The molecule has 5 heteroatoms. The van der Waals surface area contributed by atoms with Crippen molar-refractivity contribution in [2.45, 2.75) is 25.8 Å². The molecule has 1 heterocycles. The summed E-state index contributed by atoms with van der Waals surface area (Å²) >= 11 is 0. The first-order chi connectivity index (χ1) is 9.56. The Labute approximate surface area is 118 Å². The third kappa shape index (κ3) is 3.73. The monoisotopic (exact) mass is 276 g/mol. The van der Waals surface area contributed by atoms with Crippen molar-refractivity contribution in [2.75, 3.05) is 13.1 Å². The van der Waals surface area contributed by atoms with E-state index in [1.54, 1.807) is 4.90 Å². The summed E-state index contributed by atoms with van der Waals surface area (Å²) in [6.45, 7) is 3.58. The summed E-state index contributed by atoms with van der Waals surface area (Å²) in [5, 5.41) is 11.8. The van der Waals surface area contributed by atoms with Gasteiger partial charge in [0.05, 0.1) is 12.5 Å². The Morgan fingerprint density at radius 2 is 2.10 bits per heavy atom. The number of rotatable bonds is 4. The Kier molecular flexibility index (Phi) is 4.61. The van der Waals surface area contributed by atoms with Crippen molar-refractivity contribution < 1.29 is 14.7 Å². The van der Waals surface area contributed by atoms with E-state index in [1.165, 1.54) is 0 Å². The van der Waals surface area contributed by atoms with Crippen LogP contribution in [0.2, 0.25) is 0 Å². The van der Waals surface area contributed by atoms with Crippen LogP contribution >= 0.6 is 0 Å². The molecule has 1 aliphatic rings. The van der Waals surface area contributed by atoms with E-state index in [4.69, 9.17) is 5.11 Å². The molecule has 0 aliphatic carbocycles. The largest absolute Gasteiger partial charge is 0.481 e. The van der Waals surface area contributed by atoms with E-state index in [1.807, 2.05) is 30.3 Å². The minimum absolute atomic E-state index is 0.112. The van der Waals surface area contributed by atoms with Crippen LogP contribution in [0.3, 0.4) is 0 Å². The van der Waals surface area contributed by atoms with Crippen LogP contribution in [0.25, 0.3) is 0 Å². The molecule has 2 rings (SSSR count). The molecule has 1 aliphatic heterocycles. The fourth-order valence-corrected chi connectivity index (χ4v) is 2.47. The number of carboxylic acid groups (broad SMARTS) is 1. The summed E-state index contributed by atoms with van der Waals surface area (Å²) in [6, 6.07) is 8.55. The third-order valence-corrected chi connectivity index (χ3v) is 3.59. The van der Waals surface area contributed by atoms with Gasteiger partial charge in [-0.05, 0) is 17.9 Å². The van der Waals surface area contributed by atoms with Crippen molar-refractivity contribution in [3.63, 3.8) is 0 Å². The summed E-state index contributed by atoms with van der Waals surface area (Å²) in [4.78, 5) is 24.9. The van der Waals surface area contributed by atoms with E-state index >= 15 is 0 Å². The minimum Gasteiger partial charge on any atom is -0.481 e. The van der Waals surface area contributed by atoms with Gasteiger partial charge in [-0.1, -0.05) is 37.3 Å². The maximum Gasteiger partial charge on any atom is 0.317 e. The number of carbonyl (C=O) groups is 2. The van der Waals surface area contributed by atoms with Gasteiger partial charge >= 0.3 is 12.0 Å². The zero-order valence-electron chi connectivity index (χ0n) is 11.6. The average molecular weight is 276 g/mol. The maximum atomic E-state index is 12.2. The van der Waals surface area contributed by atoms with Gasteiger partial charge in [0.15, 0.2) is 0 Å². The van der Waals surface area contributed by atoms with Crippen LogP contribution in [0.15, 0.2) is 30.3 Å². The van der Waals surface area contributed by atoms with Crippen LogP contribution in [-0.4, -0.2) is 35.1 Å². The van der Waals surface area contributed by atoms with Crippen molar-refractivity contribution in [2.24, 2.45) is 5.92 Å². The highest BCUT2D eigenvalue weighted by Crippen LogP contribution is 2.19. The van der Waals surface area contributed by atoms with E-state index < -0.39 is 12.0 Å². The van der Waals surface area contributed by atoms with E-state index in [0.29, 0.717) is 5.92 Å². The first-order valence-corrected chi connectivity index (χ1v) is 6.88. The lowest BCUT2D eigenvalue weighted by Gasteiger charge is -2.22. The van der Waals surface area contributed by atoms with Gasteiger partial charge < -0.3 is 15.3 Å². The molecule has 0 bridgehead atoms. The SMILES string of the molecule is CC1CCN(C(=O)NC(CC(=O)O)c2ccccc2)C1. The summed E-state index contributed by atoms with van der Waals surface area (Å²) in [6.07, 6.45) is 0.890. The van der Waals surface area contributed by atoms with E-state index in [0.717, 1.165) is 25.1 Å². The second-order valence-corrected chi connectivity index (χ2v) is 5.35. The van der Waals surface area contributed by atoms with Gasteiger partial charge in [0, 0.05) is 13.1 Å². The molecular formula is C15H20N2O3. The lowest BCUT2D eigenvalue weighted by molar-refractivity contribution is -0.137. The molecule has 1 saturated heterocycles. The van der Waals surface area contributed by atoms with Crippen LogP contribution < -0.4 is 5.32 Å². The normalized spacial score (nSPS) is 19.6. The first-order valence-electron chi connectivity index (χ1n) is 6.88. The number of urea groups is 1. The van der Waals surface area contributed by atoms with Crippen LogP contribution in [0.4, 0.5) is 4.79 Å². The lowest BCUT2D eigenvalue weighted by atomic mass is 10.0. The number of aliphatic carboxylic acids is 1. The van der Waals surface area contributed by atoms with E-state index in [-0.39, 0.29) is 12.5 Å².